The zero-order valence-corrected chi connectivity index (χ0v) is 31.0. The molecule has 0 atom stereocenters. The molecule has 0 unspecified atom stereocenters. The first-order valence-corrected chi connectivity index (χ1v) is 19.3. The van der Waals surface area contributed by atoms with Gasteiger partial charge in [-0.25, -0.2) is 0 Å². The van der Waals surface area contributed by atoms with Gasteiger partial charge in [0.2, 0.25) is 0 Å². The monoisotopic (exact) mass is 729 g/mol. The first-order chi connectivity index (χ1) is 28.2. The summed E-state index contributed by atoms with van der Waals surface area (Å²) in [6.45, 7) is 0. The van der Waals surface area contributed by atoms with Gasteiger partial charge in [-0.1, -0.05) is 140 Å². The number of fused-ring (bicyclic) bond motifs is 6. The van der Waals surface area contributed by atoms with Gasteiger partial charge in [-0.15, -0.1) is 0 Å². The fraction of sp³-hybridized carbons (Fsp3) is 0. The second kappa shape index (κ2) is 13.6. The summed E-state index contributed by atoms with van der Waals surface area (Å²) in [4.78, 5) is 2.36. The summed E-state index contributed by atoms with van der Waals surface area (Å²) >= 11 is 0. The van der Waals surface area contributed by atoms with Crippen LogP contribution in [0.2, 0.25) is 0 Å². The molecular weight excluding hydrogens is 695 g/mol. The van der Waals surface area contributed by atoms with Gasteiger partial charge in [0.1, 0.15) is 22.3 Å². The van der Waals surface area contributed by atoms with Crippen molar-refractivity contribution in [2.45, 2.75) is 0 Å². The first kappa shape index (κ1) is 32.8. The lowest BCUT2D eigenvalue weighted by atomic mass is 9.92. The highest BCUT2D eigenvalue weighted by molar-refractivity contribution is 6.08. The number of anilines is 3. The minimum atomic E-state index is 0.877. The average molecular weight is 730 g/mol. The fourth-order valence-electron chi connectivity index (χ4n) is 8.26. The molecule has 0 N–H and O–H groups in total. The van der Waals surface area contributed by atoms with Crippen molar-refractivity contribution in [3.05, 3.63) is 212 Å². The van der Waals surface area contributed by atoms with Crippen molar-refractivity contribution in [2.75, 3.05) is 4.90 Å². The molecule has 0 radical (unpaired) electrons. The van der Waals surface area contributed by atoms with Crippen molar-refractivity contribution in [2.24, 2.45) is 0 Å². The van der Waals surface area contributed by atoms with Gasteiger partial charge in [0.05, 0.1) is 0 Å². The van der Waals surface area contributed by atoms with Crippen LogP contribution in [-0.2, 0) is 0 Å². The van der Waals surface area contributed by atoms with Crippen molar-refractivity contribution >= 4 is 60.9 Å². The molecule has 0 fully saturated rings. The lowest BCUT2D eigenvalue weighted by molar-refractivity contribution is 0.668. The minimum absolute atomic E-state index is 0.877. The smallest absolute Gasteiger partial charge is 0.135 e. The molecule has 11 aromatic rings. The Bertz CT molecular complexity index is 3130. The molecule has 9 aromatic carbocycles. The summed E-state index contributed by atoms with van der Waals surface area (Å²) in [5, 5.41) is 4.42. The molecule has 11 rings (SSSR count). The van der Waals surface area contributed by atoms with Crippen LogP contribution in [0.1, 0.15) is 0 Å². The standard InChI is InChI=1S/C54H35NO2/c1-3-11-36(12-4-1)38-19-25-42(26-20-38)55(43-27-21-39(22-28-43)37-13-5-2-6-14-37)44-29-30-45(40-23-31-53-49(33-40)46-15-7-9-17-51(46)56-53)48(35-44)41-24-32-54-50(34-41)47-16-8-10-18-52(47)57-54/h1-35H. The van der Waals surface area contributed by atoms with Gasteiger partial charge in [0.15, 0.2) is 0 Å². The summed E-state index contributed by atoms with van der Waals surface area (Å²) < 4.78 is 12.5. The van der Waals surface area contributed by atoms with E-state index in [9.17, 15) is 0 Å². The Kier molecular flexibility index (Phi) is 7.82. The van der Waals surface area contributed by atoms with E-state index in [-0.39, 0.29) is 0 Å². The van der Waals surface area contributed by atoms with Crippen LogP contribution >= 0.6 is 0 Å². The van der Waals surface area contributed by atoms with E-state index in [4.69, 9.17) is 8.83 Å². The molecule has 0 amide bonds. The van der Waals surface area contributed by atoms with E-state index >= 15 is 0 Å². The second-order valence-electron chi connectivity index (χ2n) is 14.5. The normalized spacial score (nSPS) is 11.5. The maximum atomic E-state index is 6.28. The van der Waals surface area contributed by atoms with Gasteiger partial charge in [-0.3, -0.25) is 0 Å². The number of rotatable bonds is 7. The van der Waals surface area contributed by atoms with Crippen LogP contribution in [-0.4, -0.2) is 0 Å². The Morgan fingerprint density at radius 1 is 0.246 bits per heavy atom. The Labute approximate surface area is 330 Å². The maximum absolute atomic E-state index is 6.28. The number of benzene rings is 9. The zero-order chi connectivity index (χ0) is 37.7. The highest BCUT2D eigenvalue weighted by Gasteiger charge is 2.19. The minimum Gasteiger partial charge on any atom is -0.456 e. The lowest BCUT2D eigenvalue weighted by Crippen LogP contribution is -2.10. The quantitative estimate of drug-likeness (QED) is 0.164. The predicted octanol–water partition coefficient (Wildman–Crippen LogP) is 15.6. The molecule has 0 saturated heterocycles. The van der Waals surface area contributed by atoms with E-state index < -0.39 is 0 Å². The van der Waals surface area contributed by atoms with Gasteiger partial charge >= 0.3 is 0 Å². The Balaban J connectivity index is 1.11. The number of hydrogen-bond acceptors (Lipinski definition) is 3. The third-order valence-corrected chi connectivity index (χ3v) is 11.1. The Morgan fingerprint density at radius 3 is 1.14 bits per heavy atom. The fourth-order valence-corrected chi connectivity index (χ4v) is 8.26. The Hall–Kier alpha value is -7.62. The molecule has 3 nitrogen and oxygen atoms in total. The molecule has 2 heterocycles. The zero-order valence-electron chi connectivity index (χ0n) is 31.0. The average Bonchev–Trinajstić information content (AvgIpc) is 3.85. The van der Waals surface area contributed by atoms with E-state index in [0.29, 0.717) is 0 Å². The molecule has 0 aliphatic carbocycles. The molecule has 0 saturated carbocycles. The van der Waals surface area contributed by atoms with E-state index in [1.807, 2.05) is 24.3 Å². The largest absolute Gasteiger partial charge is 0.456 e. The summed E-state index contributed by atoms with van der Waals surface area (Å²) in [5.41, 5.74) is 16.0. The second-order valence-corrected chi connectivity index (χ2v) is 14.5. The van der Waals surface area contributed by atoms with Crippen molar-refractivity contribution in [3.8, 4) is 44.5 Å². The van der Waals surface area contributed by atoms with Crippen LogP contribution in [0.25, 0.3) is 88.4 Å². The molecule has 0 spiro atoms. The highest BCUT2D eigenvalue weighted by Crippen LogP contribution is 2.44. The van der Waals surface area contributed by atoms with Gasteiger partial charge in [0.25, 0.3) is 0 Å². The summed E-state index contributed by atoms with van der Waals surface area (Å²) in [7, 11) is 0. The predicted molar refractivity (Wildman–Crippen MR) is 237 cm³/mol. The number of furan rings is 2. The van der Waals surface area contributed by atoms with E-state index in [1.54, 1.807) is 0 Å². The van der Waals surface area contributed by atoms with Gasteiger partial charge in [0, 0.05) is 38.6 Å². The van der Waals surface area contributed by atoms with Crippen LogP contribution in [0.5, 0.6) is 0 Å². The third kappa shape index (κ3) is 5.85. The van der Waals surface area contributed by atoms with Gasteiger partial charge in [-0.2, -0.15) is 0 Å². The van der Waals surface area contributed by atoms with Crippen molar-refractivity contribution in [3.63, 3.8) is 0 Å². The molecule has 0 aliphatic rings. The molecule has 0 aliphatic heterocycles. The van der Waals surface area contributed by atoms with Crippen molar-refractivity contribution in [1.82, 2.24) is 0 Å². The highest BCUT2D eigenvalue weighted by atomic mass is 16.3. The summed E-state index contributed by atoms with van der Waals surface area (Å²) in [5.74, 6) is 0. The van der Waals surface area contributed by atoms with Crippen LogP contribution in [0.3, 0.4) is 0 Å². The molecule has 2 aromatic heterocycles. The molecule has 57 heavy (non-hydrogen) atoms. The van der Waals surface area contributed by atoms with Crippen molar-refractivity contribution < 1.29 is 8.83 Å². The lowest BCUT2D eigenvalue weighted by Gasteiger charge is -2.27. The topological polar surface area (TPSA) is 29.5 Å². The Morgan fingerprint density at radius 2 is 0.632 bits per heavy atom. The van der Waals surface area contributed by atoms with Gasteiger partial charge in [-0.05, 0) is 117 Å². The summed E-state index contributed by atoms with van der Waals surface area (Å²) in [6.07, 6.45) is 0. The number of nitrogens with zero attached hydrogens (tertiary/aromatic N) is 1. The maximum Gasteiger partial charge on any atom is 0.135 e. The van der Waals surface area contributed by atoms with Crippen molar-refractivity contribution in [1.29, 1.82) is 0 Å². The van der Waals surface area contributed by atoms with Crippen LogP contribution in [0, 0.1) is 0 Å². The molecule has 268 valence electrons. The third-order valence-electron chi connectivity index (χ3n) is 11.1. The van der Waals surface area contributed by atoms with Gasteiger partial charge < -0.3 is 13.7 Å². The van der Waals surface area contributed by atoms with E-state index in [2.05, 4.69) is 193 Å². The summed E-state index contributed by atoms with van der Waals surface area (Å²) in [6, 6.07) is 75.4. The molecule has 0 bridgehead atoms. The van der Waals surface area contributed by atoms with Crippen LogP contribution < -0.4 is 4.90 Å². The molecular formula is C54H35NO2. The SMILES string of the molecule is c1ccc(-c2ccc(N(c3ccc(-c4ccccc4)cc3)c3ccc(-c4ccc5oc6ccccc6c5c4)c(-c4ccc5oc6ccccc6c5c4)c3)cc2)cc1. The van der Waals surface area contributed by atoms with E-state index in [1.165, 1.54) is 22.3 Å². The van der Waals surface area contributed by atoms with E-state index in [0.717, 1.165) is 83.2 Å². The van der Waals surface area contributed by atoms with Crippen LogP contribution in [0.15, 0.2) is 221 Å². The molecule has 3 heteroatoms. The number of para-hydroxylation sites is 2. The first-order valence-electron chi connectivity index (χ1n) is 19.3. The van der Waals surface area contributed by atoms with Crippen LogP contribution in [0.4, 0.5) is 17.1 Å². The number of hydrogen-bond donors (Lipinski definition) is 0.